The van der Waals surface area contributed by atoms with Crippen molar-refractivity contribution in [2.24, 2.45) is 11.8 Å². The molecule has 1 saturated heterocycles. The van der Waals surface area contributed by atoms with Crippen molar-refractivity contribution in [2.45, 2.75) is 77.3 Å². The van der Waals surface area contributed by atoms with E-state index in [0.717, 1.165) is 36.3 Å². The smallest absolute Gasteiger partial charge is 0.414 e. The molecule has 4 rings (SSSR count). The lowest BCUT2D eigenvalue weighted by molar-refractivity contribution is -0.151. The number of aliphatic hydroxyl groups excluding tert-OH is 1. The minimum atomic E-state index is -1.47. The predicted octanol–water partition coefficient (Wildman–Crippen LogP) is 4.48. The molecule has 0 aliphatic carbocycles. The minimum Gasteiger partial charge on any atom is -0.457 e. The number of carbonyl (C=O) groups excluding carboxylic acids is 3. The van der Waals surface area contributed by atoms with Gasteiger partial charge in [-0.2, -0.15) is 0 Å². The molecule has 0 aromatic heterocycles. The zero-order valence-corrected chi connectivity index (χ0v) is 28.3. The number of piperazine rings is 1. The number of nitrogens with zero attached hydrogens (tertiary/aromatic N) is 3. The van der Waals surface area contributed by atoms with E-state index in [9.17, 15) is 24.6 Å². The molecule has 1 aromatic carbocycles. The second kappa shape index (κ2) is 16.4. The Balaban J connectivity index is 1.41. The van der Waals surface area contributed by atoms with Gasteiger partial charge in [-0.25, -0.2) is 9.59 Å². The van der Waals surface area contributed by atoms with Crippen LogP contribution in [0.3, 0.4) is 0 Å². The number of aliphatic hydroxyl groups is 2. The summed E-state index contributed by atoms with van der Waals surface area (Å²) in [6, 6.07) is 7.83. The number of carbonyl (C=O) groups is 3. The summed E-state index contributed by atoms with van der Waals surface area (Å²) in [4.78, 5) is 44.0. The molecule has 1 aromatic rings. The number of ether oxygens (including phenoxy) is 3. The third-order valence-electron chi connectivity index (χ3n) is 9.14. The van der Waals surface area contributed by atoms with Crippen LogP contribution in [0.2, 0.25) is 0 Å². The quantitative estimate of drug-likeness (QED) is 0.198. The zero-order chi connectivity index (χ0) is 34.1. The lowest BCUT2D eigenvalue weighted by Gasteiger charge is -2.36. The number of cyclic esters (lactones) is 1. The highest BCUT2D eigenvalue weighted by Gasteiger charge is 2.37. The molecule has 11 heteroatoms. The van der Waals surface area contributed by atoms with Gasteiger partial charge in [0.25, 0.3) is 0 Å². The Morgan fingerprint density at radius 3 is 2.60 bits per heavy atom. The Morgan fingerprint density at radius 1 is 1.13 bits per heavy atom. The Bertz CT molecular complexity index is 1330. The summed E-state index contributed by atoms with van der Waals surface area (Å²) in [5.74, 6) is -0.950. The Morgan fingerprint density at radius 2 is 1.85 bits per heavy atom. The van der Waals surface area contributed by atoms with Gasteiger partial charge in [0.05, 0.1) is 24.8 Å². The maximum Gasteiger partial charge on any atom is 0.414 e. The van der Waals surface area contributed by atoms with E-state index >= 15 is 0 Å². The molecular weight excluding hydrogens is 602 g/mol. The standard InChI is InChI=1S/C36H51N3O8/c1-25(24-45-35(43)39-18-16-28-11-6-7-12-30(28)39)9-8-10-26(2)33-27(3)13-14-31(46-34(42)38-21-19-37(5)20-22-38)36(4,44)17-15-29(40)23-32(41)47-33/h6-14,25,27,29,31,33,40,44H,15-24H2,1-5H3/b9-8+,14-13-,26-10+/t25-,27+,29+,31+,33-,36+/m1/s1. The first-order valence-electron chi connectivity index (χ1n) is 16.6. The fourth-order valence-corrected chi connectivity index (χ4v) is 5.98. The van der Waals surface area contributed by atoms with Crippen LogP contribution >= 0.6 is 0 Å². The van der Waals surface area contributed by atoms with Crippen molar-refractivity contribution in [3.63, 3.8) is 0 Å². The largest absolute Gasteiger partial charge is 0.457 e. The molecule has 3 aliphatic rings. The molecule has 1 fully saturated rings. The predicted molar refractivity (Wildman–Crippen MR) is 179 cm³/mol. The number of benzene rings is 1. The second-order valence-corrected chi connectivity index (χ2v) is 13.4. The molecule has 2 N–H and O–H groups in total. The molecule has 0 spiro atoms. The SMILES string of the molecule is C/C(=C\C=C\[C@@H](C)COC(=O)N1CCc2ccccc21)[C@H]1OC(=O)C[C@@H](O)CC[C@](C)(O)[C@@H](OC(=O)N2CCN(C)CC2)/C=C\[C@@H]1C. The molecule has 3 heterocycles. The van der Waals surface area contributed by atoms with Gasteiger partial charge < -0.3 is 34.2 Å². The normalized spacial score (nSPS) is 29.3. The number of amides is 2. The molecule has 11 nitrogen and oxygen atoms in total. The van der Waals surface area contributed by atoms with E-state index in [1.54, 1.807) is 28.9 Å². The highest BCUT2D eigenvalue weighted by Crippen LogP contribution is 2.29. The second-order valence-electron chi connectivity index (χ2n) is 13.4. The molecular formula is C36H51N3O8. The molecule has 2 amide bonds. The van der Waals surface area contributed by atoms with Crippen molar-refractivity contribution in [2.75, 3.05) is 51.3 Å². The van der Waals surface area contributed by atoms with E-state index in [-0.39, 0.29) is 43.8 Å². The average Bonchev–Trinajstić information content (AvgIpc) is 3.47. The summed E-state index contributed by atoms with van der Waals surface area (Å²) in [6.45, 7) is 10.6. The number of esters is 1. The van der Waals surface area contributed by atoms with E-state index < -0.39 is 36.0 Å². The minimum absolute atomic E-state index is 0.0647. The summed E-state index contributed by atoms with van der Waals surface area (Å²) in [6.07, 6.45) is 6.38. The number of para-hydroxylation sites is 1. The van der Waals surface area contributed by atoms with Gasteiger partial charge in [-0.05, 0) is 63.4 Å². The summed E-state index contributed by atoms with van der Waals surface area (Å²) < 4.78 is 17.3. The molecule has 47 heavy (non-hydrogen) atoms. The van der Waals surface area contributed by atoms with Crippen LogP contribution < -0.4 is 4.90 Å². The number of hydrogen-bond acceptors (Lipinski definition) is 9. The van der Waals surface area contributed by atoms with Crippen LogP contribution in [-0.4, -0.2) is 108 Å². The highest BCUT2D eigenvalue weighted by atomic mass is 16.6. The highest BCUT2D eigenvalue weighted by molar-refractivity contribution is 5.90. The maximum atomic E-state index is 13.0. The molecule has 0 unspecified atom stereocenters. The summed E-state index contributed by atoms with van der Waals surface area (Å²) >= 11 is 0. The third-order valence-corrected chi connectivity index (χ3v) is 9.14. The van der Waals surface area contributed by atoms with Crippen molar-refractivity contribution in [1.29, 1.82) is 0 Å². The molecule has 0 saturated carbocycles. The Hall–Kier alpha value is -3.67. The maximum absolute atomic E-state index is 13.0. The zero-order valence-electron chi connectivity index (χ0n) is 28.3. The van der Waals surface area contributed by atoms with Crippen LogP contribution in [0.25, 0.3) is 0 Å². The van der Waals surface area contributed by atoms with E-state index in [4.69, 9.17) is 14.2 Å². The molecule has 0 radical (unpaired) electrons. The number of hydrogen-bond donors (Lipinski definition) is 2. The number of likely N-dealkylation sites (N-methyl/N-ethyl adjacent to an activating group) is 1. The first-order valence-corrected chi connectivity index (χ1v) is 16.6. The molecule has 258 valence electrons. The lowest BCUT2D eigenvalue weighted by Crippen LogP contribution is -2.50. The van der Waals surface area contributed by atoms with Gasteiger partial charge >= 0.3 is 18.2 Å². The van der Waals surface area contributed by atoms with Gasteiger partial charge in [0.15, 0.2) is 6.10 Å². The van der Waals surface area contributed by atoms with Crippen LogP contribution in [0.4, 0.5) is 15.3 Å². The van der Waals surface area contributed by atoms with Gasteiger partial charge in [-0.1, -0.05) is 56.4 Å². The molecule has 3 aliphatic heterocycles. The van der Waals surface area contributed by atoms with Crippen LogP contribution in [0.5, 0.6) is 0 Å². The van der Waals surface area contributed by atoms with Crippen LogP contribution in [0.15, 0.2) is 60.2 Å². The fourth-order valence-electron chi connectivity index (χ4n) is 5.98. The van der Waals surface area contributed by atoms with E-state index in [1.807, 2.05) is 70.3 Å². The monoisotopic (exact) mass is 653 g/mol. The first-order chi connectivity index (χ1) is 22.3. The average molecular weight is 654 g/mol. The third kappa shape index (κ3) is 10.2. The molecule has 0 bridgehead atoms. The number of allylic oxidation sites excluding steroid dienone is 2. The topological polar surface area (TPSA) is 129 Å². The number of fused-ring (bicyclic) bond motifs is 1. The van der Waals surface area contributed by atoms with Gasteiger partial charge in [0.2, 0.25) is 0 Å². The van der Waals surface area contributed by atoms with E-state index in [2.05, 4.69) is 4.90 Å². The van der Waals surface area contributed by atoms with Crippen molar-refractivity contribution >= 4 is 23.8 Å². The van der Waals surface area contributed by atoms with Crippen molar-refractivity contribution in [1.82, 2.24) is 9.80 Å². The number of anilines is 1. The van der Waals surface area contributed by atoms with Crippen molar-refractivity contribution in [3.05, 3.63) is 65.8 Å². The summed E-state index contributed by atoms with van der Waals surface area (Å²) in [5, 5.41) is 21.9. The Kier molecular flexibility index (Phi) is 12.6. The fraction of sp³-hybridized carbons (Fsp3) is 0.583. The number of rotatable bonds is 6. The summed E-state index contributed by atoms with van der Waals surface area (Å²) in [7, 11) is 2.00. The van der Waals surface area contributed by atoms with Crippen molar-refractivity contribution in [3.8, 4) is 0 Å². The van der Waals surface area contributed by atoms with Gasteiger partial charge in [0.1, 0.15) is 11.7 Å². The molecule has 6 atom stereocenters. The van der Waals surface area contributed by atoms with Crippen LogP contribution in [0, 0.1) is 11.8 Å². The van der Waals surface area contributed by atoms with Crippen molar-refractivity contribution < 1.29 is 38.8 Å². The first kappa shape index (κ1) is 36.2. The van der Waals surface area contributed by atoms with Gasteiger partial charge in [0, 0.05) is 44.6 Å². The van der Waals surface area contributed by atoms with Gasteiger partial charge in [-0.3, -0.25) is 9.69 Å². The Labute approximate surface area is 278 Å². The lowest BCUT2D eigenvalue weighted by atomic mass is 9.89. The van der Waals surface area contributed by atoms with E-state index in [0.29, 0.717) is 19.6 Å². The van der Waals surface area contributed by atoms with Crippen LogP contribution in [-0.2, 0) is 25.4 Å². The summed E-state index contributed by atoms with van der Waals surface area (Å²) in [5.41, 5.74) is 1.32. The van der Waals surface area contributed by atoms with E-state index in [1.165, 1.54) is 0 Å². The van der Waals surface area contributed by atoms with Crippen LogP contribution in [0.1, 0.15) is 52.5 Å². The van der Waals surface area contributed by atoms with Gasteiger partial charge in [-0.15, -0.1) is 0 Å².